The topological polar surface area (TPSA) is 46.3 Å². The number of nitrogens with zero attached hydrogens (tertiary/aromatic N) is 1. The molecule has 0 aliphatic rings. The van der Waals surface area contributed by atoms with Crippen molar-refractivity contribution < 1.29 is 9.52 Å². The minimum absolute atomic E-state index is 0.167. The molecule has 0 fully saturated rings. The second-order valence-corrected chi connectivity index (χ2v) is 7.01. The van der Waals surface area contributed by atoms with E-state index in [0.29, 0.717) is 16.8 Å². The zero-order chi connectivity index (χ0) is 18.7. The van der Waals surface area contributed by atoms with Crippen molar-refractivity contribution in [1.82, 2.24) is 4.98 Å². The number of pyridine rings is 1. The van der Waals surface area contributed by atoms with Crippen molar-refractivity contribution in [2.24, 2.45) is 0 Å². The highest BCUT2D eigenvalue weighted by atomic mass is 16.3. The lowest BCUT2D eigenvalue weighted by Gasteiger charge is -2.04. The number of hydrogen-bond donors (Lipinski definition) is 1. The van der Waals surface area contributed by atoms with Crippen molar-refractivity contribution in [2.75, 3.05) is 0 Å². The van der Waals surface area contributed by atoms with Gasteiger partial charge >= 0.3 is 0 Å². The molecule has 0 aliphatic heterocycles. The Bertz CT molecular complexity index is 1510. The average molecular weight is 361 g/mol. The number of aromatic nitrogens is 1. The van der Waals surface area contributed by atoms with Gasteiger partial charge in [0, 0.05) is 17.0 Å². The molecule has 6 rings (SSSR count). The van der Waals surface area contributed by atoms with Crippen LogP contribution in [-0.4, -0.2) is 10.1 Å². The molecule has 6 aromatic rings. The summed E-state index contributed by atoms with van der Waals surface area (Å²) < 4.78 is 6.28. The summed E-state index contributed by atoms with van der Waals surface area (Å²) in [6, 6.07) is 26.2. The highest BCUT2D eigenvalue weighted by Crippen LogP contribution is 2.41. The van der Waals surface area contributed by atoms with Crippen molar-refractivity contribution in [3.05, 3.63) is 85.1 Å². The summed E-state index contributed by atoms with van der Waals surface area (Å²) in [6.45, 7) is 0. The molecular formula is C25H15NO2. The molecule has 0 saturated carbocycles. The molecule has 0 saturated heterocycles. The first-order chi connectivity index (χ1) is 13.8. The van der Waals surface area contributed by atoms with Gasteiger partial charge in [-0.3, -0.25) is 4.98 Å². The first-order valence-electron chi connectivity index (χ1n) is 9.21. The molecule has 3 nitrogen and oxygen atoms in total. The predicted molar refractivity (Wildman–Crippen MR) is 114 cm³/mol. The maximum Gasteiger partial charge on any atom is 0.148 e. The monoisotopic (exact) mass is 361 g/mol. The van der Waals surface area contributed by atoms with Crippen LogP contribution < -0.4 is 0 Å². The number of phenols is 1. The normalized spacial score (nSPS) is 11.7. The molecule has 0 radical (unpaired) electrons. The number of phenolic OH excluding ortho intramolecular Hbond substituents is 1. The Morgan fingerprint density at radius 2 is 1.54 bits per heavy atom. The smallest absolute Gasteiger partial charge is 0.148 e. The molecule has 0 spiro atoms. The fraction of sp³-hybridized carbons (Fsp3) is 0. The third kappa shape index (κ3) is 2.07. The van der Waals surface area contributed by atoms with Gasteiger partial charge in [-0.15, -0.1) is 0 Å². The second kappa shape index (κ2) is 5.57. The molecule has 3 heteroatoms. The van der Waals surface area contributed by atoms with E-state index in [1.165, 1.54) is 16.2 Å². The van der Waals surface area contributed by atoms with Gasteiger partial charge in [0.15, 0.2) is 0 Å². The Morgan fingerprint density at radius 3 is 2.43 bits per heavy atom. The average Bonchev–Trinajstić information content (AvgIpc) is 3.10. The summed E-state index contributed by atoms with van der Waals surface area (Å²) in [7, 11) is 0. The minimum atomic E-state index is 0.167. The second-order valence-electron chi connectivity index (χ2n) is 7.01. The van der Waals surface area contributed by atoms with Gasteiger partial charge in [0.2, 0.25) is 0 Å². The Labute approximate surface area is 160 Å². The maximum atomic E-state index is 10.5. The van der Waals surface area contributed by atoms with E-state index >= 15 is 0 Å². The van der Waals surface area contributed by atoms with E-state index in [4.69, 9.17) is 4.42 Å². The number of rotatable bonds is 1. The van der Waals surface area contributed by atoms with Crippen LogP contribution in [0, 0.1) is 0 Å². The van der Waals surface area contributed by atoms with Crippen molar-refractivity contribution in [2.45, 2.75) is 0 Å². The molecule has 0 atom stereocenters. The van der Waals surface area contributed by atoms with Crippen LogP contribution in [-0.2, 0) is 0 Å². The molecule has 2 heterocycles. The van der Waals surface area contributed by atoms with Crippen LogP contribution in [0.1, 0.15) is 0 Å². The number of hydrogen-bond acceptors (Lipinski definition) is 3. The van der Waals surface area contributed by atoms with Crippen LogP contribution in [0.5, 0.6) is 5.75 Å². The van der Waals surface area contributed by atoms with Crippen molar-refractivity contribution in [1.29, 1.82) is 0 Å². The third-order valence-corrected chi connectivity index (χ3v) is 5.40. The van der Waals surface area contributed by atoms with Crippen LogP contribution in [0.2, 0.25) is 0 Å². The Morgan fingerprint density at radius 1 is 0.679 bits per heavy atom. The molecule has 132 valence electrons. The van der Waals surface area contributed by atoms with Crippen molar-refractivity contribution in [3.8, 4) is 17.0 Å². The Hall–Kier alpha value is -3.85. The van der Waals surface area contributed by atoms with Gasteiger partial charge in [0.05, 0.1) is 11.3 Å². The van der Waals surface area contributed by atoms with Crippen LogP contribution in [0.15, 0.2) is 89.5 Å². The molecule has 0 unspecified atom stereocenters. The maximum absolute atomic E-state index is 10.5. The molecule has 2 aromatic heterocycles. The molecule has 0 bridgehead atoms. The number of fused-ring (bicyclic) bond motifs is 6. The van der Waals surface area contributed by atoms with E-state index < -0.39 is 0 Å². The van der Waals surface area contributed by atoms with Gasteiger partial charge in [-0.05, 0) is 57.9 Å². The Kier molecular flexibility index (Phi) is 3.03. The van der Waals surface area contributed by atoms with Crippen LogP contribution in [0.4, 0.5) is 0 Å². The lowest BCUT2D eigenvalue weighted by atomic mass is 9.99. The van der Waals surface area contributed by atoms with E-state index in [1.807, 2.05) is 24.3 Å². The predicted octanol–water partition coefficient (Wildman–Crippen LogP) is 6.66. The van der Waals surface area contributed by atoms with E-state index in [1.54, 1.807) is 12.3 Å². The molecule has 0 aliphatic carbocycles. The van der Waals surface area contributed by atoms with Gasteiger partial charge in [0.1, 0.15) is 16.9 Å². The summed E-state index contributed by atoms with van der Waals surface area (Å²) in [4.78, 5) is 4.41. The fourth-order valence-electron chi connectivity index (χ4n) is 4.09. The minimum Gasteiger partial charge on any atom is -0.507 e. The highest BCUT2D eigenvalue weighted by molar-refractivity contribution is 6.17. The van der Waals surface area contributed by atoms with Gasteiger partial charge in [-0.25, -0.2) is 0 Å². The standard InChI is InChI=1S/C25H15NO2/c27-22-11-10-18-20-13-16-9-8-15-5-1-2-6-17(15)19(16)14-23(20)28-25(18)24(22)21-7-3-4-12-26-21/h1-14,27H. The largest absolute Gasteiger partial charge is 0.507 e. The van der Waals surface area contributed by atoms with Crippen molar-refractivity contribution in [3.63, 3.8) is 0 Å². The van der Waals surface area contributed by atoms with Crippen LogP contribution in [0.25, 0.3) is 54.7 Å². The molecule has 0 amide bonds. The van der Waals surface area contributed by atoms with Crippen molar-refractivity contribution >= 4 is 43.5 Å². The summed E-state index contributed by atoms with van der Waals surface area (Å²) in [5, 5.41) is 17.3. The van der Waals surface area contributed by atoms with E-state index in [2.05, 4.69) is 53.5 Å². The first-order valence-corrected chi connectivity index (χ1v) is 9.21. The zero-order valence-corrected chi connectivity index (χ0v) is 14.9. The molecule has 1 N–H and O–H groups in total. The lowest BCUT2D eigenvalue weighted by Crippen LogP contribution is -1.83. The quantitative estimate of drug-likeness (QED) is 0.333. The van der Waals surface area contributed by atoms with Gasteiger partial charge in [-0.2, -0.15) is 0 Å². The number of furan rings is 1. The molecule has 28 heavy (non-hydrogen) atoms. The van der Waals surface area contributed by atoms with Gasteiger partial charge < -0.3 is 9.52 Å². The zero-order valence-electron chi connectivity index (χ0n) is 14.9. The summed E-state index contributed by atoms with van der Waals surface area (Å²) in [5.41, 5.74) is 2.79. The summed E-state index contributed by atoms with van der Waals surface area (Å²) in [6.07, 6.45) is 1.72. The van der Waals surface area contributed by atoms with E-state index in [9.17, 15) is 5.11 Å². The van der Waals surface area contributed by atoms with Gasteiger partial charge in [0.25, 0.3) is 0 Å². The van der Waals surface area contributed by atoms with E-state index in [0.717, 1.165) is 21.7 Å². The van der Waals surface area contributed by atoms with Gasteiger partial charge in [-0.1, -0.05) is 42.5 Å². The number of aromatic hydroxyl groups is 1. The summed E-state index contributed by atoms with van der Waals surface area (Å²) >= 11 is 0. The highest BCUT2D eigenvalue weighted by Gasteiger charge is 2.17. The van der Waals surface area contributed by atoms with Crippen LogP contribution in [0.3, 0.4) is 0 Å². The third-order valence-electron chi connectivity index (χ3n) is 5.40. The summed E-state index contributed by atoms with van der Waals surface area (Å²) in [5.74, 6) is 0.167. The fourth-order valence-corrected chi connectivity index (χ4v) is 4.09. The SMILES string of the molecule is Oc1ccc2c(oc3cc4c(ccc5ccccc54)cc32)c1-c1ccccn1. The lowest BCUT2D eigenvalue weighted by molar-refractivity contribution is 0.477. The molecular weight excluding hydrogens is 346 g/mol. The number of benzene rings is 4. The van der Waals surface area contributed by atoms with Crippen LogP contribution >= 0.6 is 0 Å². The first kappa shape index (κ1) is 15.2. The molecule has 4 aromatic carbocycles. The Balaban J connectivity index is 1.76. The van der Waals surface area contributed by atoms with E-state index in [-0.39, 0.29) is 5.75 Å².